The fraction of sp³-hybridized carbons (Fsp3) is 0.0164. The first-order valence-electron chi connectivity index (χ1n) is 21.8. The molecule has 3 nitrogen and oxygen atoms in total. The standard InChI is InChI=1S/C61H47N3/c1-3-5-20-51(4-2)62(52-21-12-7-13-22-52)55-35-29-47(30-36-55)49-33-41-60-58(43-49)59-44-50(34-42-61(59)64(60)57-39-27-46(28-40-57)45-18-10-6-11-19-45)48-31-37-56(38-32-48)63(53-23-14-8-15-24-53)54-25-16-9-17-26-54/h3-44H,1H2,2H3/b20-5-,51-4+. The number of aromatic nitrogens is 1. The molecule has 0 N–H and O–H groups in total. The van der Waals surface area contributed by atoms with E-state index < -0.39 is 0 Å². The van der Waals surface area contributed by atoms with Crippen molar-refractivity contribution in [2.75, 3.05) is 9.80 Å². The second-order valence-corrected chi connectivity index (χ2v) is 15.8. The Hall–Kier alpha value is -8.40. The van der Waals surface area contributed by atoms with Gasteiger partial charge in [0.1, 0.15) is 0 Å². The lowest BCUT2D eigenvalue weighted by Gasteiger charge is -2.26. The Morgan fingerprint density at radius 1 is 0.406 bits per heavy atom. The minimum atomic E-state index is 1.07. The van der Waals surface area contributed by atoms with Crippen LogP contribution in [-0.2, 0) is 0 Å². The van der Waals surface area contributed by atoms with Gasteiger partial charge in [-0.15, -0.1) is 0 Å². The van der Waals surface area contributed by atoms with Crippen LogP contribution in [0.1, 0.15) is 6.92 Å². The summed E-state index contributed by atoms with van der Waals surface area (Å²) in [6, 6.07) is 82.8. The second-order valence-electron chi connectivity index (χ2n) is 15.8. The number of fused-ring (bicyclic) bond motifs is 3. The van der Waals surface area contributed by atoms with Crippen molar-refractivity contribution >= 4 is 50.2 Å². The summed E-state index contributed by atoms with van der Waals surface area (Å²) in [7, 11) is 0. The van der Waals surface area contributed by atoms with Gasteiger partial charge in [-0.25, -0.2) is 0 Å². The van der Waals surface area contributed by atoms with Crippen LogP contribution in [0.2, 0.25) is 0 Å². The first-order valence-corrected chi connectivity index (χ1v) is 21.8. The first-order chi connectivity index (χ1) is 31.7. The summed E-state index contributed by atoms with van der Waals surface area (Å²) in [6.45, 7) is 5.98. The second kappa shape index (κ2) is 17.9. The summed E-state index contributed by atoms with van der Waals surface area (Å²) in [5.41, 5.74) is 17.1. The zero-order valence-electron chi connectivity index (χ0n) is 35.8. The molecule has 0 saturated heterocycles. The highest BCUT2D eigenvalue weighted by Gasteiger charge is 2.18. The number of hydrogen-bond donors (Lipinski definition) is 0. The molecule has 306 valence electrons. The van der Waals surface area contributed by atoms with Crippen molar-refractivity contribution in [1.82, 2.24) is 4.57 Å². The van der Waals surface area contributed by atoms with Gasteiger partial charge in [-0.1, -0.05) is 158 Å². The highest BCUT2D eigenvalue weighted by Crippen LogP contribution is 2.40. The number of anilines is 5. The van der Waals surface area contributed by atoms with Crippen LogP contribution in [0.25, 0.3) is 60.9 Å². The molecular formula is C61H47N3. The molecule has 0 saturated carbocycles. The van der Waals surface area contributed by atoms with E-state index >= 15 is 0 Å². The summed E-state index contributed by atoms with van der Waals surface area (Å²) >= 11 is 0. The zero-order valence-corrected chi connectivity index (χ0v) is 35.8. The van der Waals surface area contributed by atoms with E-state index in [0.717, 1.165) is 50.9 Å². The molecule has 0 bridgehead atoms. The van der Waals surface area contributed by atoms with Gasteiger partial charge >= 0.3 is 0 Å². The Morgan fingerprint density at radius 3 is 1.27 bits per heavy atom. The van der Waals surface area contributed by atoms with Gasteiger partial charge in [-0.05, 0) is 143 Å². The molecule has 1 aromatic heterocycles. The number of para-hydroxylation sites is 3. The molecule has 0 aliphatic rings. The largest absolute Gasteiger partial charge is 0.311 e. The van der Waals surface area contributed by atoms with E-state index in [4.69, 9.17) is 0 Å². The number of hydrogen-bond acceptors (Lipinski definition) is 2. The molecule has 0 fully saturated rings. The topological polar surface area (TPSA) is 11.4 Å². The van der Waals surface area contributed by atoms with Crippen molar-refractivity contribution in [2.45, 2.75) is 6.92 Å². The molecule has 1 heterocycles. The zero-order chi connectivity index (χ0) is 43.2. The number of benzene rings is 9. The lowest BCUT2D eigenvalue weighted by atomic mass is 9.99. The van der Waals surface area contributed by atoms with Crippen LogP contribution in [0.15, 0.2) is 267 Å². The predicted octanol–water partition coefficient (Wildman–Crippen LogP) is 17.0. The lowest BCUT2D eigenvalue weighted by molar-refractivity contribution is 1.18. The molecule has 64 heavy (non-hydrogen) atoms. The van der Waals surface area contributed by atoms with Gasteiger partial charge in [0, 0.05) is 50.6 Å². The van der Waals surface area contributed by atoms with E-state index in [0.29, 0.717) is 0 Å². The fourth-order valence-corrected chi connectivity index (χ4v) is 8.79. The van der Waals surface area contributed by atoms with E-state index in [9.17, 15) is 0 Å². The lowest BCUT2D eigenvalue weighted by Crippen LogP contribution is -2.14. The quantitative estimate of drug-likeness (QED) is 0.114. The average molecular weight is 822 g/mol. The maximum Gasteiger partial charge on any atom is 0.0541 e. The van der Waals surface area contributed by atoms with Gasteiger partial charge in [-0.3, -0.25) is 0 Å². The van der Waals surface area contributed by atoms with Crippen LogP contribution in [0.4, 0.5) is 28.4 Å². The van der Waals surface area contributed by atoms with Crippen LogP contribution in [0, 0.1) is 0 Å². The molecule has 10 aromatic rings. The van der Waals surface area contributed by atoms with Gasteiger partial charge in [0.15, 0.2) is 0 Å². The summed E-state index contributed by atoms with van der Waals surface area (Å²) in [5.74, 6) is 0. The van der Waals surface area contributed by atoms with Gasteiger partial charge < -0.3 is 14.4 Å². The van der Waals surface area contributed by atoms with Crippen molar-refractivity contribution in [1.29, 1.82) is 0 Å². The Balaban J connectivity index is 1.06. The van der Waals surface area contributed by atoms with Crippen LogP contribution >= 0.6 is 0 Å². The molecule has 10 rings (SSSR count). The van der Waals surface area contributed by atoms with Crippen LogP contribution in [-0.4, -0.2) is 4.57 Å². The maximum absolute atomic E-state index is 3.90. The minimum absolute atomic E-state index is 1.07. The molecule has 0 atom stereocenters. The number of rotatable bonds is 12. The van der Waals surface area contributed by atoms with Crippen molar-refractivity contribution < 1.29 is 0 Å². The summed E-state index contributed by atoms with van der Waals surface area (Å²) in [5, 5.41) is 2.41. The van der Waals surface area contributed by atoms with Gasteiger partial charge in [0.2, 0.25) is 0 Å². The van der Waals surface area contributed by atoms with Crippen LogP contribution < -0.4 is 9.80 Å². The fourth-order valence-electron chi connectivity index (χ4n) is 8.79. The monoisotopic (exact) mass is 821 g/mol. The molecule has 3 heteroatoms. The molecule has 0 radical (unpaired) electrons. The van der Waals surface area contributed by atoms with Crippen LogP contribution in [0.3, 0.4) is 0 Å². The van der Waals surface area contributed by atoms with Crippen molar-refractivity contribution in [3.63, 3.8) is 0 Å². The smallest absolute Gasteiger partial charge is 0.0541 e. The van der Waals surface area contributed by atoms with E-state index in [2.05, 4.69) is 271 Å². The number of allylic oxidation sites excluding steroid dienone is 4. The van der Waals surface area contributed by atoms with E-state index in [1.54, 1.807) is 0 Å². The Morgan fingerprint density at radius 2 is 0.781 bits per heavy atom. The summed E-state index contributed by atoms with van der Waals surface area (Å²) in [4.78, 5) is 4.58. The molecule has 0 unspecified atom stereocenters. The molecule has 0 amide bonds. The Labute approximate surface area is 376 Å². The van der Waals surface area contributed by atoms with Gasteiger partial charge in [0.05, 0.1) is 11.0 Å². The third-order valence-corrected chi connectivity index (χ3v) is 11.9. The van der Waals surface area contributed by atoms with Crippen LogP contribution in [0.5, 0.6) is 0 Å². The van der Waals surface area contributed by atoms with Crippen molar-refractivity contribution in [2.24, 2.45) is 0 Å². The third kappa shape index (κ3) is 7.83. The molecule has 0 aliphatic heterocycles. The molecule has 0 spiro atoms. The van der Waals surface area contributed by atoms with E-state index in [-0.39, 0.29) is 0 Å². The van der Waals surface area contributed by atoms with E-state index in [1.807, 2.05) is 12.2 Å². The highest BCUT2D eigenvalue weighted by molar-refractivity contribution is 6.11. The Kier molecular flexibility index (Phi) is 11.1. The predicted molar refractivity (Wildman–Crippen MR) is 273 cm³/mol. The number of nitrogens with zero attached hydrogens (tertiary/aromatic N) is 3. The minimum Gasteiger partial charge on any atom is -0.311 e. The molecule has 0 aliphatic carbocycles. The summed E-state index contributed by atoms with van der Waals surface area (Å²) in [6.07, 6.45) is 8.02. The first kappa shape index (κ1) is 39.7. The highest BCUT2D eigenvalue weighted by atomic mass is 15.1. The Bertz CT molecular complexity index is 3200. The van der Waals surface area contributed by atoms with Crippen molar-refractivity contribution in [3.05, 3.63) is 267 Å². The molecule has 9 aromatic carbocycles. The van der Waals surface area contributed by atoms with Gasteiger partial charge in [-0.2, -0.15) is 0 Å². The van der Waals surface area contributed by atoms with E-state index in [1.165, 1.54) is 44.1 Å². The van der Waals surface area contributed by atoms with Crippen molar-refractivity contribution in [3.8, 4) is 39.1 Å². The average Bonchev–Trinajstić information content (AvgIpc) is 3.70. The third-order valence-electron chi connectivity index (χ3n) is 11.9. The normalized spacial score (nSPS) is 11.6. The summed E-state index contributed by atoms with van der Waals surface area (Å²) < 4.78 is 2.41. The van der Waals surface area contributed by atoms with Gasteiger partial charge in [0.25, 0.3) is 0 Å². The maximum atomic E-state index is 3.90. The molecular weight excluding hydrogens is 775 g/mol. The SMILES string of the molecule is C=C/C=C\C(=C/C)N(c1ccccc1)c1ccc(-c2ccc3c(c2)c2cc(-c4ccc(N(c5ccccc5)c5ccccc5)cc4)ccc2n3-c2ccc(-c3ccccc3)cc2)cc1.